The number of phenols is 1. The number of phenolic OH excluding ortho intramolecular Hbond substituents is 1. The number of aromatic hydroxyl groups is 1. The van der Waals surface area contributed by atoms with E-state index in [9.17, 15) is 24.6 Å². The Balaban J connectivity index is 2.43. The first-order valence-corrected chi connectivity index (χ1v) is 13.5. The van der Waals surface area contributed by atoms with Crippen LogP contribution in [0.15, 0.2) is 18.2 Å². The number of hydrogen-bond donors (Lipinski definition) is 4. The lowest BCUT2D eigenvalue weighted by molar-refractivity contribution is -0.143. The molecule has 9 nitrogen and oxygen atoms in total. The van der Waals surface area contributed by atoms with Crippen molar-refractivity contribution >= 4 is 17.9 Å². The van der Waals surface area contributed by atoms with E-state index < -0.39 is 36.3 Å². The lowest BCUT2D eigenvalue weighted by Crippen LogP contribution is -2.55. The molecule has 2 rings (SSSR count). The zero-order valence-corrected chi connectivity index (χ0v) is 23.0. The molecule has 0 spiro atoms. The third-order valence-corrected chi connectivity index (χ3v) is 6.51. The van der Waals surface area contributed by atoms with Gasteiger partial charge in [0, 0.05) is 12.6 Å². The van der Waals surface area contributed by atoms with Crippen molar-refractivity contribution in [3.8, 4) is 5.75 Å². The molecule has 0 aliphatic heterocycles. The Morgan fingerprint density at radius 2 is 1.81 bits per heavy atom. The van der Waals surface area contributed by atoms with Gasteiger partial charge in [-0.25, -0.2) is 4.79 Å². The fourth-order valence-corrected chi connectivity index (χ4v) is 4.58. The van der Waals surface area contributed by atoms with E-state index >= 15 is 0 Å². The van der Waals surface area contributed by atoms with Crippen LogP contribution in [0.4, 0.5) is 4.79 Å². The van der Waals surface area contributed by atoms with Crippen molar-refractivity contribution < 1.29 is 29.3 Å². The van der Waals surface area contributed by atoms with E-state index in [-0.39, 0.29) is 24.2 Å². The predicted molar refractivity (Wildman–Crippen MR) is 142 cm³/mol. The summed E-state index contributed by atoms with van der Waals surface area (Å²) in [4.78, 5) is 41.4. The second-order valence-corrected chi connectivity index (χ2v) is 10.9. The lowest BCUT2D eigenvalue weighted by Gasteiger charge is -2.35. The van der Waals surface area contributed by atoms with Crippen molar-refractivity contribution in [2.45, 2.75) is 110 Å². The number of aryl methyl sites for hydroxylation is 1. The van der Waals surface area contributed by atoms with Crippen LogP contribution in [0.5, 0.6) is 5.75 Å². The topological polar surface area (TPSA) is 128 Å². The summed E-state index contributed by atoms with van der Waals surface area (Å²) in [5, 5.41) is 25.7. The molecule has 37 heavy (non-hydrogen) atoms. The number of benzene rings is 1. The first-order chi connectivity index (χ1) is 17.5. The molecule has 0 bridgehead atoms. The van der Waals surface area contributed by atoms with Crippen molar-refractivity contribution in [1.82, 2.24) is 15.5 Å². The largest absolute Gasteiger partial charge is 0.508 e. The third kappa shape index (κ3) is 9.54. The van der Waals surface area contributed by atoms with Crippen LogP contribution in [0, 0.1) is 6.92 Å². The fourth-order valence-electron chi connectivity index (χ4n) is 4.58. The molecule has 0 aromatic heterocycles. The summed E-state index contributed by atoms with van der Waals surface area (Å²) in [6, 6.07) is 2.63. The number of alkyl carbamates (subject to hydrolysis) is 1. The van der Waals surface area contributed by atoms with Gasteiger partial charge in [-0.1, -0.05) is 45.1 Å². The van der Waals surface area contributed by atoms with Crippen LogP contribution in [0.25, 0.3) is 0 Å². The number of ether oxygens (including phenoxy) is 1. The highest BCUT2D eigenvalue weighted by Crippen LogP contribution is 2.28. The number of nitrogens with zero attached hydrogens (tertiary/aromatic N) is 1. The highest BCUT2D eigenvalue weighted by Gasteiger charge is 2.36. The maximum Gasteiger partial charge on any atom is 0.408 e. The summed E-state index contributed by atoms with van der Waals surface area (Å²) in [6.07, 6.45) is 6.58. The first kappa shape index (κ1) is 30.4. The van der Waals surface area contributed by atoms with Crippen LogP contribution < -0.4 is 10.6 Å². The Kier molecular flexibility index (Phi) is 11.7. The van der Waals surface area contributed by atoms with E-state index in [1.165, 1.54) is 11.0 Å². The first-order valence-electron chi connectivity index (χ1n) is 13.5. The quantitative estimate of drug-likeness (QED) is 0.326. The molecule has 4 N–H and O–H groups in total. The van der Waals surface area contributed by atoms with Crippen molar-refractivity contribution in [2.75, 3.05) is 13.2 Å². The molecule has 0 heterocycles. The van der Waals surface area contributed by atoms with Crippen LogP contribution in [-0.2, 0) is 14.3 Å². The zero-order chi connectivity index (χ0) is 27.6. The highest BCUT2D eigenvalue weighted by atomic mass is 16.6. The molecule has 0 radical (unpaired) electrons. The van der Waals surface area contributed by atoms with Gasteiger partial charge in [-0.3, -0.25) is 9.59 Å². The number of carbonyl (C=O) groups is 3. The monoisotopic (exact) mass is 519 g/mol. The van der Waals surface area contributed by atoms with E-state index in [4.69, 9.17) is 4.74 Å². The standard InChI is InChI=1S/C28H45N3O6/c1-6-7-11-16-31(26(35)22(18-32)30-27(36)37-28(3,4)5)24(20-14-15-23(33)19(2)17-20)25(34)29-21-12-9-8-10-13-21/h14-15,17,21-22,24,32-33H,6-13,16,18H2,1-5H3,(H,29,34)(H,30,36). The minimum atomic E-state index is -1.28. The van der Waals surface area contributed by atoms with Gasteiger partial charge in [0.05, 0.1) is 6.61 Å². The summed E-state index contributed by atoms with van der Waals surface area (Å²) in [5.41, 5.74) is 0.363. The molecule has 3 amide bonds. The van der Waals surface area contributed by atoms with Crippen molar-refractivity contribution in [2.24, 2.45) is 0 Å². The molecule has 1 aromatic carbocycles. The van der Waals surface area contributed by atoms with Crippen molar-refractivity contribution in [1.29, 1.82) is 0 Å². The van der Waals surface area contributed by atoms with Crippen LogP contribution in [-0.4, -0.2) is 63.9 Å². The lowest BCUT2D eigenvalue weighted by atomic mass is 9.94. The van der Waals surface area contributed by atoms with Gasteiger partial charge in [0.1, 0.15) is 23.4 Å². The molecular weight excluding hydrogens is 474 g/mol. The van der Waals surface area contributed by atoms with Gasteiger partial charge in [0.25, 0.3) is 0 Å². The van der Waals surface area contributed by atoms with E-state index in [0.29, 0.717) is 17.5 Å². The number of nitrogens with one attached hydrogen (secondary N) is 2. The number of hydrogen-bond acceptors (Lipinski definition) is 6. The maximum atomic E-state index is 13.8. The van der Waals surface area contributed by atoms with E-state index in [1.807, 2.05) is 6.92 Å². The molecule has 208 valence electrons. The average molecular weight is 520 g/mol. The maximum absolute atomic E-state index is 13.8. The van der Waals surface area contributed by atoms with Gasteiger partial charge in [0.2, 0.25) is 11.8 Å². The summed E-state index contributed by atoms with van der Waals surface area (Å²) in [7, 11) is 0. The minimum absolute atomic E-state index is 0.0306. The second-order valence-electron chi connectivity index (χ2n) is 10.9. The van der Waals surface area contributed by atoms with Crippen molar-refractivity contribution in [3.63, 3.8) is 0 Å². The smallest absolute Gasteiger partial charge is 0.408 e. The Morgan fingerprint density at radius 1 is 1.14 bits per heavy atom. The van der Waals surface area contributed by atoms with Crippen LogP contribution in [0.1, 0.15) is 96.2 Å². The number of aliphatic hydroxyl groups excluding tert-OH is 1. The predicted octanol–water partition coefficient (Wildman–Crippen LogP) is 4.10. The molecule has 1 fully saturated rings. The molecule has 2 unspecified atom stereocenters. The molecule has 1 aliphatic rings. The van der Waals surface area contributed by atoms with Gasteiger partial charge in [-0.15, -0.1) is 0 Å². The Labute approximate surface area is 221 Å². The number of aliphatic hydroxyl groups is 1. The Morgan fingerprint density at radius 3 is 2.38 bits per heavy atom. The minimum Gasteiger partial charge on any atom is -0.508 e. The highest BCUT2D eigenvalue weighted by molar-refractivity contribution is 5.92. The van der Waals surface area contributed by atoms with Crippen LogP contribution >= 0.6 is 0 Å². The second kappa shape index (κ2) is 14.2. The number of amides is 3. The number of rotatable bonds is 11. The van der Waals surface area contributed by atoms with Crippen LogP contribution in [0.2, 0.25) is 0 Å². The zero-order valence-electron chi connectivity index (χ0n) is 23.0. The number of carbonyl (C=O) groups excluding carboxylic acids is 3. The van der Waals surface area contributed by atoms with Crippen LogP contribution in [0.3, 0.4) is 0 Å². The van der Waals surface area contributed by atoms with Gasteiger partial charge >= 0.3 is 6.09 Å². The molecule has 1 aliphatic carbocycles. The van der Waals surface area contributed by atoms with E-state index in [2.05, 4.69) is 10.6 Å². The third-order valence-electron chi connectivity index (χ3n) is 6.51. The van der Waals surface area contributed by atoms with E-state index in [1.54, 1.807) is 39.8 Å². The van der Waals surface area contributed by atoms with Gasteiger partial charge < -0.3 is 30.5 Å². The van der Waals surface area contributed by atoms with E-state index in [0.717, 1.165) is 44.9 Å². The normalized spacial score (nSPS) is 15.9. The van der Waals surface area contributed by atoms with Crippen molar-refractivity contribution in [3.05, 3.63) is 29.3 Å². The van der Waals surface area contributed by atoms with Gasteiger partial charge in [0.15, 0.2) is 0 Å². The average Bonchev–Trinajstić information content (AvgIpc) is 2.83. The Hall–Kier alpha value is -2.81. The molecule has 1 aromatic rings. The summed E-state index contributed by atoms with van der Waals surface area (Å²) < 4.78 is 5.28. The molecule has 9 heteroatoms. The molecular formula is C28H45N3O6. The molecule has 0 saturated heterocycles. The SMILES string of the molecule is CCCCCN(C(=O)C(CO)NC(=O)OC(C)(C)C)C(C(=O)NC1CCCCC1)c1ccc(O)c(C)c1. The summed E-state index contributed by atoms with van der Waals surface area (Å²) >= 11 is 0. The number of unbranched alkanes of at least 4 members (excludes halogenated alkanes) is 2. The fraction of sp³-hybridized carbons (Fsp3) is 0.679. The van der Waals surface area contributed by atoms with Gasteiger partial charge in [-0.05, 0) is 70.2 Å². The Bertz CT molecular complexity index is 908. The summed E-state index contributed by atoms with van der Waals surface area (Å²) in [6.45, 7) is 8.52. The molecule has 1 saturated carbocycles. The van der Waals surface area contributed by atoms with Gasteiger partial charge in [-0.2, -0.15) is 0 Å². The summed E-state index contributed by atoms with van der Waals surface area (Å²) in [5.74, 6) is -0.784. The molecule has 2 atom stereocenters.